The first-order valence-electron chi connectivity index (χ1n) is 6.94. The van der Waals surface area contributed by atoms with Crippen molar-refractivity contribution in [3.63, 3.8) is 0 Å². The number of aryl methyl sites for hydroxylation is 2. The molecule has 0 spiro atoms. The first-order chi connectivity index (χ1) is 9.35. The second-order valence-corrected chi connectivity index (χ2v) is 4.92. The van der Waals surface area contributed by atoms with Gasteiger partial charge < -0.3 is 10.6 Å². The van der Waals surface area contributed by atoms with Gasteiger partial charge in [0.2, 0.25) is 0 Å². The number of aromatic nitrogens is 1. The van der Waals surface area contributed by atoms with Crippen LogP contribution in [0.25, 0.3) is 0 Å². The maximum Gasteiger partial charge on any atom is 0.127 e. The van der Waals surface area contributed by atoms with Crippen molar-refractivity contribution >= 4 is 17.2 Å². The van der Waals surface area contributed by atoms with E-state index in [0.717, 1.165) is 23.7 Å². The van der Waals surface area contributed by atoms with E-state index in [2.05, 4.69) is 40.7 Å². The molecule has 0 bridgehead atoms. The molecular weight excluding hydrogens is 234 g/mol. The summed E-state index contributed by atoms with van der Waals surface area (Å²) in [6.45, 7) is 2.96. The van der Waals surface area contributed by atoms with E-state index in [1.54, 1.807) is 0 Å². The third-order valence-electron chi connectivity index (χ3n) is 3.51. The molecule has 3 nitrogen and oxygen atoms in total. The molecule has 1 aliphatic carbocycles. The average molecular weight is 253 g/mol. The number of nitrogens with zero attached hydrogens (tertiary/aromatic N) is 1. The molecule has 1 heterocycles. The van der Waals surface area contributed by atoms with Crippen LogP contribution in [0.1, 0.15) is 24.5 Å². The fourth-order valence-electron chi connectivity index (χ4n) is 2.60. The van der Waals surface area contributed by atoms with Crippen LogP contribution in [-0.2, 0) is 12.8 Å². The second kappa shape index (κ2) is 5.31. The van der Waals surface area contributed by atoms with Gasteiger partial charge in [0.1, 0.15) is 5.82 Å². The third-order valence-corrected chi connectivity index (χ3v) is 3.51. The van der Waals surface area contributed by atoms with Gasteiger partial charge in [-0.25, -0.2) is 4.98 Å². The quantitative estimate of drug-likeness (QED) is 0.871. The summed E-state index contributed by atoms with van der Waals surface area (Å²) in [7, 11) is 0. The van der Waals surface area contributed by atoms with E-state index in [0.29, 0.717) is 0 Å². The summed E-state index contributed by atoms with van der Waals surface area (Å²) in [6, 6.07) is 10.7. The Bertz CT molecular complexity index is 578. The summed E-state index contributed by atoms with van der Waals surface area (Å²) in [5.74, 6) is 0.911. The topological polar surface area (TPSA) is 37.0 Å². The van der Waals surface area contributed by atoms with Gasteiger partial charge in [-0.05, 0) is 55.5 Å². The Kier molecular flexibility index (Phi) is 3.36. The highest BCUT2D eigenvalue weighted by Crippen LogP contribution is 2.26. The maximum atomic E-state index is 4.28. The number of pyridine rings is 1. The Labute approximate surface area is 114 Å². The molecule has 0 unspecified atom stereocenters. The Hall–Kier alpha value is -2.03. The fraction of sp³-hybridized carbons (Fsp3) is 0.312. The van der Waals surface area contributed by atoms with E-state index in [1.165, 1.54) is 30.4 Å². The molecule has 0 saturated carbocycles. The molecule has 3 rings (SSSR count). The molecule has 1 aliphatic rings. The van der Waals surface area contributed by atoms with Crippen LogP contribution in [0.3, 0.4) is 0 Å². The summed E-state index contributed by atoms with van der Waals surface area (Å²) < 4.78 is 0. The van der Waals surface area contributed by atoms with Crippen LogP contribution in [0.5, 0.6) is 0 Å². The largest absolute Gasteiger partial charge is 0.370 e. The minimum Gasteiger partial charge on any atom is -0.370 e. The van der Waals surface area contributed by atoms with E-state index in [1.807, 2.05) is 18.3 Å². The van der Waals surface area contributed by atoms with Crippen LogP contribution < -0.4 is 10.6 Å². The van der Waals surface area contributed by atoms with E-state index >= 15 is 0 Å². The lowest BCUT2D eigenvalue weighted by molar-refractivity contribution is 0.912. The minimum absolute atomic E-state index is 0.884. The summed E-state index contributed by atoms with van der Waals surface area (Å²) in [6.07, 6.45) is 5.56. The van der Waals surface area contributed by atoms with Crippen LogP contribution in [0.15, 0.2) is 36.5 Å². The molecule has 0 amide bonds. The zero-order valence-corrected chi connectivity index (χ0v) is 11.2. The molecule has 98 valence electrons. The Morgan fingerprint density at radius 3 is 2.79 bits per heavy atom. The van der Waals surface area contributed by atoms with Gasteiger partial charge in [-0.2, -0.15) is 0 Å². The molecule has 3 heteroatoms. The monoisotopic (exact) mass is 253 g/mol. The van der Waals surface area contributed by atoms with E-state index in [9.17, 15) is 0 Å². The van der Waals surface area contributed by atoms with Gasteiger partial charge in [0, 0.05) is 30.2 Å². The Morgan fingerprint density at radius 1 is 1.05 bits per heavy atom. The second-order valence-electron chi connectivity index (χ2n) is 4.92. The van der Waals surface area contributed by atoms with Crippen LogP contribution in [0.2, 0.25) is 0 Å². The molecule has 0 radical (unpaired) electrons. The first-order valence-corrected chi connectivity index (χ1v) is 6.94. The van der Waals surface area contributed by atoms with Crippen molar-refractivity contribution in [1.29, 1.82) is 0 Å². The fourth-order valence-corrected chi connectivity index (χ4v) is 2.60. The van der Waals surface area contributed by atoms with Crippen LogP contribution in [-0.4, -0.2) is 11.5 Å². The molecule has 2 N–H and O–H groups in total. The van der Waals surface area contributed by atoms with Crippen molar-refractivity contribution in [1.82, 2.24) is 4.98 Å². The Balaban J connectivity index is 1.79. The molecule has 0 aliphatic heterocycles. The van der Waals surface area contributed by atoms with Gasteiger partial charge in [0.25, 0.3) is 0 Å². The molecule has 0 saturated heterocycles. The summed E-state index contributed by atoms with van der Waals surface area (Å²) >= 11 is 0. The lowest BCUT2D eigenvalue weighted by Gasteiger charge is -2.10. The molecule has 1 aromatic heterocycles. The summed E-state index contributed by atoms with van der Waals surface area (Å²) in [4.78, 5) is 4.28. The van der Waals surface area contributed by atoms with Gasteiger partial charge in [0.15, 0.2) is 0 Å². The van der Waals surface area contributed by atoms with E-state index < -0.39 is 0 Å². The highest BCUT2D eigenvalue weighted by Gasteiger charge is 2.10. The van der Waals surface area contributed by atoms with E-state index in [4.69, 9.17) is 0 Å². The molecule has 0 fully saturated rings. The average Bonchev–Trinajstić information content (AvgIpc) is 2.87. The smallest absolute Gasteiger partial charge is 0.127 e. The highest BCUT2D eigenvalue weighted by molar-refractivity contribution is 5.63. The molecule has 19 heavy (non-hydrogen) atoms. The lowest BCUT2D eigenvalue weighted by atomic mass is 10.1. The van der Waals surface area contributed by atoms with Crippen LogP contribution in [0.4, 0.5) is 17.2 Å². The van der Waals surface area contributed by atoms with Crippen molar-refractivity contribution < 1.29 is 0 Å². The van der Waals surface area contributed by atoms with Crippen LogP contribution >= 0.6 is 0 Å². The molecule has 2 aromatic rings. The van der Waals surface area contributed by atoms with Gasteiger partial charge >= 0.3 is 0 Å². The summed E-state index contributed by atoms with van der Waals surface area (Å²) in [5, 5.41) is 6.68. The zero-order chi connectivity index (χ0) is 13.1. The predicted molar refractivity (Wildman–Crippen MR) is 80.2 cm³/mol. The molecular formula is C16H19N3. The van der Waals surface area contributed by atoms with Crippen molar-refractivity contribution in [2.75, 3.05) is 17.2 Å². The highest BCUT2D eigenvalue weighted by atomic mass is 15.0. The number of nitrogens with one attached hydrogen (secondary N) is 2. The van der Waals surface area contributed by atoms with Gasteiger partial charge in [0.05, 0.1) is 0 Å². The predicted octanol–water partition coefficient (Wildman–Crippen LogP) is 3.75. The number of fused-ring (bicyclic) bond motifs is 1. The number of hydrogen-bond acceptors (Lipinski definition) is 3. The van der Waals surface area contributed by atoms with Gasteiger partial charge in [-0.15, -0.1) is 0 Å². The normalized spacial score (nSPS) is 13.1. The van der Waals surface area contributed by atoms with Gasteiger partial charge in [-0.1, -0.05) is 6.07 Å². The van der Waals surface area contributed by atoms with Crippen molar-refractivity contribution in [3.05, 3.63) is 47.7 Å². The minimum atomic E-state index is 0.884. The number of anilines is 3. The first kappa shape index (κ1) is 12.0. The number of rotatable bonds is 4. The number of hydrogen-bond donors (Lipinski definition) is 2. The lowest BCUT2D eigenvalue weighted by Crippen LogP contribution is -2.00. The standard InChI is InChI=1S/C16H19N3/c1-2-17-16-11-15(8-9-18-16)19-14-7-6-12-4-3-5-13(12)10-14/h6-11H,2-5H2,1H3,(H2,17,18,19). The maximum absolute atomic E-state index is 4.28. The molecule has 1 aromatic carbocycles. The Morgan fingerprint density at radius 2 is 1.89 bits per heavy atom. The molecule has 0 atom stereocenters. The SMILES string of the molecule is CCNc1cc(Nc2ccc3c(c2)CCC3)ccn1. The van der Waals surface area contributed by atoms with E-state index in [-0.39, 0.29) is 0 Å². The van der Waals surface area contributed by atoms with Crippen molar-refractivity contribution in [2.45, 2.75) is 26.2 Å². The van der Waals surface area contributed by atoms with Gasteiger partial charge in [-0.3, -0.25) is 0 Å². The van der Waals surface area contributed by atoms with Crippen molar-refractivity contribution in [3.8, 4) is 0 Å². The van der Waals surface area contributed by atoms with Crippen molar-refractivity contribution in [2.24, 2.45) is 0 Å². The van der Waals surface area contributed by atoms with Crippen LogP contribution in [0, 0.1) is 0 Å². The zero-order valence-electron chi connectivity index (χ0n) is 11.2. The summed E-state index contributed by atoms with van der Waals surface area (Å²) in [5.41, 5.74) is 5.23. The third kappa shape index (κ3) is 2.70. The number of benzene rings is 1.